The van der Waals surface area contributed by atoms with Crippen LogP contribution in [0, 0.1) is 12.8 Å². The van der Waals surface area contributed by atoms with Crippen LogP contribution in [0.25, 0.3) is 5.65 Å². The zero-order valence-corrected chi connectivity index (χ0v) is 30.6. The normalized spacial score (nSPS) is 15.8. The number of nitrogens with two attached hydrogens (primary N) is 1. The molecule has 4 aromatic rings. The van der Waals surface area contributed by atoms with Crippen molar-refractivity contribution in [3.63, 3.8) is 0 Å². The van der Waals surface area contributed by atoms with E-state index in [2.05, 4.69) is 15.4 Å². The predicted molar refractivity (Wildman–Crippen MR) is 194 cm³/mol. The van der Waals surface area contributed by atoms with E-state index in [1.54, 1.807) is 30.3 Å². The van der Waals surface area contributed by atoms with Crippen LogP contribution in [0.3, 0.4) is 0 Å². The molecule has 1 atom stereocenters. The van der Waals surface area contributed by atoms with Gasteiger partial charge in [0.25, 0.3) is 5.91 Å². The molecule has 0 radical (unpaired) electrons. The molecule has 2 aliphatic rings. The zero-order chi connectivity index (χ0) is 36.9. The van der Waals surface area contributed by atoms with Crippen molar-refractivity contribution in [2.45, 2.75) is 90.7 Å². The highest BCUT2D eigenvalue weighted by atomic mass is 35.5. The summed E-state index contributed by atoms with van der Waals surface area (Å²) in [6.07, 6.45) is 9.62. The number of fused-ring (bicyclic) bond motifs is 2. The second-order valence-corrected chi connectivity index (χ2v) is 14.5. The molecule has 2 aliphatic carbocycles. The van der Waals surface area contributed by atoms with Crippen molar-refractivity contribution in [1.82, 2.24) is 19.9 Å². The van der Waals surface area contributed by atoms with Crippen molar-refractivity contribution in [3.8, 4) is 0 Å². The monoisotopic (exact) mass is 715 g/mol. The second-order valence-electron chi connectivity index (χ2n) is 14.1. The molecular weight excluding hydrogens is 670 g/mol. The van der Waals surface area contributed by atoms with Crippen molar-refractivity contribution < 1.29 is 28.7 Å². The first-order valence-corrected chi connectivity index (χ1v) is 17.8. The van der Waals surface area contributed by atoms with E-state index in [9.17, 15) is 19.2 Å². The average Bonchev–Trinajstić information content (AvgIpc) is 3.73. The Morgan fingerprint density at radius 2 is 1.73 bits per heavy atom. The standard InChI is InChI=1S/C32H31ClN4O6.C7H15N/c1-17-19-12-13-24(21(19)11-10-20(17)30(40)43-32(2,3)4)36-29(39)26-15-25(31(41)42-5)35-28-22(16-34-37(26)28)27(38)14-18-8-6-7-9-23(18)33;8-6-7-4-2-1-3-5-7/h6-11,15-16,24H,12-14H2,1-5H3,(H,36,39);7H,1-6,8H2/t24-;/m0./s1. The van der Waals surface area contributed by atoms with E-state index in [-0.39, 0.29) is 40.8 Å². The average molecular weight is 716 g/mol. The van der Waals surface area contributed by atoms with Gasteiger partial charge in [-0.15, -0.1) is 0 Å². The molecule has 0 unspecified atom stereocenters. The van der Waals surface area contributed by atoms with Crippen LogP contribution >= 0.6 is 11.6 Å². The Labute approximate surface area is 303 Å². The van der Waals surface area contributed by atoms with Gasteiger partial charge in [-0.05, 0) is 100 Å². The Bertz CT molecular complexity index is 1940. The van der Waals surface area contributed by atoms with Crippen LogP contribution in [0.5, 0.6) is 0 Å². The van der Waals surface area contributed by atoms with E-state index >= 15 is 0 Å². The number of methoxy groups -OCH3 is 1. The number of carbonyl (C=O) groups excluding carboxylic acids is 4. The van der Waals surface area contributed by atoms with E-state index < -0.39 is 23.4 Å². The first-order chi connectivity index (χ1) is 24.3. The summed E-state index contributed by atoms with van der Waals surface area (Å²) < 4.78 is 11.7. The number of ether oxygens (including phenoxy) is 2. The summed E-state index contributed by atoms with van der Waals surface area (Å²) in [6, 6.07) is 11.5. The topological polar surface area (TPSA) is 155 Å². The predicted octanol–water partition coefficient (Wildman–Crippen LogP) is 6.80. The molecule has 0 spiro atoms. The molecule has 2 heterocycles. The zero-order valence-electron chi connectivity index (χ0n) is 29.9. The van der Waals surface area contributed by atoms with Gasteiger partial charge in [-0.2, -0.15) is 5.10 Å². The van der Waals surface area contributed by atoms with Gasteiger partial charge in [0.2, 0.25) is 0 Å². The highest BCUT2D eigenvalue weighted by Crippen LogP contribution is 2.35. The maximum atomic E-state index is 13.7. The Kier molecular flexibility index (Phi) is 11.9. The van der Waals surface area contributed by atoms with Crippen molar-refractivity contribution in [2.24, 2.45) is 11.7 Å². The summed E-state index contributed by atoms with van der Waals surface area (Å²) in [4.78, 5) is 56.5. The molecule has 0 bridgehead atoms. The molecular formula is C39H46ClN5O6. The van der Waals surface area contributed by atoms with Gasteiger partial charge in [0.15, 0.2) is 17.1 Å². The number of hydrogen-bond acceptors (Lipinski definition) is 9. The van der Waals surface area contributed by atoms with Crippen LogP contribution in [-0.4, -0.2) is 57.5 Å². The van der Waals surface area contributed by atoms with Crippen molar-refractivity contribution in [3.05, 3.63) is 98.5 Å². The quantitative estimate of drug-likeness (QED) is 0.148. The molecule has 3 N–H and O–H groups in total. The lowest BCUT2D eigenvalue weighted by Crippen LogP contribution is -2.30. The molecule has 1 amide bonds. The van der Waals surface area contributed by atoms with Crippen LogP contribution in [0.4, 0.5) is 0 Å². The molecule has 0 saturated heterocycles. The number of hydrogen-bond donors (Lipinski definition) is 2. The maximum absolute atomic E-state index is 13.7. The molecule has 6 rings (SSSR count). The van der Waals surface area contributed by atoms with Gasteiger partial charge < -0.3 is 20.5 Å². The number of rotatable bonds is 8. The van der Waals surface area contributed by atoms with Crippen LogP contribution in [-0.2, 0) is 22.3 Å². The minimum Gasteiger partial charge on any atom is -0.464 e. The highest BCUT2D eigenvalue weighted by molar-refractivity contribution is 6.31. The molecule has 270 valence electrons. The first-order valence-electron chi connectivity index (χ1n) is 17.4. The number of halogens is 1. The molecule has 2 aromatic heterocycles. The molecule has 12 heteroatoms. The fraction of sp³-hybridized carbons (Fsp3) is 0.436. The molecule has 1 saturated carbocycles. The number of ketones is 1. The number of carbonyl (C=O) groups is 4. The van der Waals surface area contributed by atoms with Gasteiger partial charge in [-0.1, -0.05) is 55.1 Å². The van der Waals surface area contributed by atoms with Crippen LogP contribution in [0.2, 0.25) is 5.02 Å². The van der Waals surface area contributed by atoms with Crippen LogP contribution in [0.15, 0.2) is 48.7 Å². The third-order valence-corrected chi connectivity index (χ3v) is 9.75. The lowest BCUT2D eigenvalue weighted by atomic mass is 9.90. The van der Waals surface area contributed by atoms with Gasteiger partial charge in [-0.3, -0.25) is 9.59 Å². The van der Waals surface area contributed by atoms with Gasteiger partial charge in [-0.25, -0.2) is 19.1 Å². The summed E-state index contributed by atoms with van der Waals surface area (Å²) in [5.41, 5.74) is 8.75. The largest absolute Gasteiger partial charge is 0.464 e. The SMILES string of the molecule is COC(=O)c1cc(C(=O)N[C@H]2CCc3c2ccc(C(=O)OC(C)(C)C)c3C)n2ncc(C(=O)Cc3ccccc3Cl)c2n1.NCC1CCCCC1. The van der Waals surface area contributed by atoms with Gasteiger partial charge in [0, 0.05) is 17.5 Å². The number of Topliss-reactive ketones (excluding diaryl/α,β-unsaturated/α-hetero) is 1. The Morgan fingerprint density at radius 3 is 2.37 bits per heavy atom. The summed E-state index contributed by atoms with van der Waals surface area (Å²) in [5.74, 6) is -1.14. The fourth-order valence-corrected chi connectivity index (χ4v) is 6.88. The number of esters is 2. The number of nitrogens with zero attached hydrogens (tertiary/aromatic N) is 3. The lowest BCUT2D eigenvalue weighted by molar-refractivity contribution is 0.00681. The summed E-state index contributed by atoms with van der Waals surface area (Å²) in [5, 5.41) is 7.75. The maximum Gasteiger partial charge on any atom is 0.356 e. The van der Waals surface area contributed by atoms with Gasteiger partial charge >= 0.3 is 11.9 Å². The van der Waals surface area contributed by atoms with Crippen LogP contribution < -0.4 is 11.1 Å². The first kappa shape index (κ1) is 37.6. The lowest BCUT2D eigenvalue weighted by Gasteiger charge is -2.21. The summed E-state index contributed by atoms with van der Waals surface area (Å²) >= 11 is 6.25. The minimum absolute atomic E-state index is 0.0118. The minimum atomic E-state index is -0.765. The molecule has 1 fully saturated rings. The van der Waals surface area contributed by atoms with E-state index in [1.807, 2.05) is 33.8 Å². The second kappa shape index (κ2) is 16.2. The third-order valence-electron chi connectivity index (χ3n) is 9.38. The number of benzene rings is 2. The number of nitrogens with one attached hydrogen (secondary N) is 1. The third kappa shape index (κ3) is 8.83. The number of amides is 1. The molecule has 11 nitrogen and oxygen atoms in total. The van der Waals surface area contributed by atoms with E-state index in [0.29, 0.717) is 29.0 Å². The van der Waals surface area contributed by atoms with Gasteiger partial charge in [0.05, 0.1) is 30.5 Å². The highest BCUT2D eigenvalue weighted by Gasteiger charge is 2.31. The van der Waals surface area contributed by atoms with E-state index in [4.69, 9.17) is 26.8 Å². The van der Waals surface area contributed by atoms with Crippen LogP contribution in [0.1, 0.15) is 129 Å². The van der Waals surface area contributed by atoms with Crippen molar-refractivity contribution in [2.75, 3.05) is 13.7 Å². The Hall–Kier alpha value is -4.61. The van der Waals surface area contributed by atoms with E-state index in [0.717, 1.165) is 29.2 Å². The summed E-state index contributed by atoms with van der Waals surface area (Å²) in [6.45, 7) is 8.25. The molecule has 51 heavy (non-hydrogen) atoms. The fourth-order valence-electron chi connectivity index (χ4n) is 6.68. The Morgan fingerprint density at radius 1 is 1.00 bits per heavy atom. The van der Waals surface area contributed by atoms with E-state index in [1.165, 1.54) is 56.0 Å². The number of aromatic nitrogens is 3. The smallest absolute Gasteiger partial charge is 0.356 e. The van der Waals surface area contributed by atoms with Crippen molar-refractivity contribution in [1.29, 1.82) is 0 Å². The Balaban J connectivity index is 0.000000556. The molecule has 0 aliphatic heterocycles. The van der Waals surface area contributed by atoms with Crippen molar-refractivity contribution >= 4 is 40.9 Å². The summed E-state index contributed by atoms with van der Waals surface area (Å²) in [7, 11) is 1.21. The molecule has 2 aromatic carbocycles. The van der Waals surface area contributed by atoms with Gasteiger partial charge in [0.1, 0.15) is 11.3 Å².